The summed E-state index contributed by atoms with van der Waals surface area (Å²) in [4.78, 5) is 45.0. The number of carboxylic acids is 2. The number of hydrogen-bond acceptors (Lipinski definition) is 4. The average Bonchev–Trinajstić information content (AvgIpc) is 2.57. The Morgan fingerprint density at radius 1 is 0.615 bits per heavy atom. The van der Waals surface area contributed by atoms with E-state index in [0.717, 1.165) is 23.3 Å². The summed E-state index contributed by atoms with van der Waals surface area (Å²) in [5.74, 6) is -3.87. The third kappa shape index (κ3) is 5.30. The summed E-state index contributed by atoms with van der Waals surface area (Å²) < 4.78 is 0. The fourth-order valence-corrected chi connectivity index (χ4v) is 2.25. The van der Waals surface area contributed by atoms with Gasteiger partial charge in [-0.25, -0.2) is 9.59 Å². The molecule has 0 spiro atoms. The predicted molar refractivity (Wildman–Crippen MR) is 96.2 cm³/mol. The number of nitrogens with one attached hydrogen (secondary N) is 2. The SMILES string of the molecule is Cc1c(C)c(C)c(NC(=O)/C=C/C(=O)O)c(NC(=O)/C=C/C(=O)O)c1C. The van der Waals surface area contributed by atoms with E-state index in [2.05, 4.69) is 10.6 Å². The van der Waals surface area contributed by atoms with Crippen molar-refractivity contribution in [2.75, 3.05) is 10.6 Å². The van der Waals surface area contributed by atoms with Crippen LogP contribution in [-0.4, -0.2) is 34.0 Å². The molecule has 0 radical (unpaired) electrons. The lowest BCUT2D eigenvalue weighted by Gasteiger charge is -2.21. The third-order valence-corrected chi connectivity index (χ3v) is 3.94. The number of carboxylic acid groups (broad SMARTS) is 2. The van der Waals surface area contributed by atoms with Gasteiger partial charge in [0.15, 0.2) is 0 Å². The molecule has 0 aliphatic heterocycles. The highest BCUT2D eigenvalue weighted by molar-refractivity contribution is 6.09. The quantitative estimate of drug-likeness (QED) is 0.574. The maximum atomic E-state index is 12.0. The minimum atomic E-state index is -1.26. The van der Waals surface area contributed by atoms with Crippen LogP contribution in [0.5, 0.6) is 0 Å². The van der Waals surface area contributed by atoms with Gasteiger partial charge in [0, 0.05) is 24.3 Å². The van der Waals surface area contributed by atoms with Gasteiger partial charge in [-0.1, -0.05) is 0 Å². The van der Waals surface area contributed by atoms with Crippen molar-refractivity contribution >= 4 is 35.1 Å². The second-order valence-corrected chi connectivity index (χ2v) is 5.57. The highest BCUT2D eigenvalue weighted by atomic mass is 16.4. The molecule has 0 aliphatic rings. The number of hydrogen-bond donors (Lipinski definition) is 4. The molecule has 1 aromatic rings. The molecule has 2 amide bonds. The van der Waals surface area contributed by atoms with Gasteiger partial charge in [0.05, 0.1) is 11.4 Å². The maximum absolute atomic E-state index is 12.0. The Kier molecular flexibility index (Phi) is 6.83. The largest absolute Gasteiger partial charge is 0.478 e. The molecule has 0 atom stereocenters. The molecule has 0 bridgehead atoms. The van der Waals surface area contributed by atoms with E-state index in [1.807, 2.05) is 13.8 Å². The van der Waals surface area contributed by atoms with E-state index in [0.29, 0.717) is 34.7 Å². The molecule has 0 saturated carbocycles. The molecule has 26 heavy (non-hydrogen) atoms. The molecule has 1 rings (SSSR count). The summed E-state index contributed by atoms with van der Waals surface area (Å²) in [6.45, 7) is 7.22. The lowest BCUT2D eigenvalue weighted by molar-refractivity contribution is -0.132. The first-order valence-corrected chi connectivity index (χ1v) is 7.59. The Labute approximate surface area is 150 Å². The van der Waals surface area contributed by atoms with E-state index >= 15 is 0 Å². The molecule has 4 N–H and O–H groups in total. The molecule has 0 fully saturated rings. The minimum Gasteiger partial charge on any atom is -0.478 e. The Morgan fingerprint density at radius 3 is 1.19 bits per heavy atom. The van der Waals surface area contributed by atoms with Crippen LogP contribution in [0.1, 0.15) is 22.3 Å². The second kappa shape index (κ2) is 8.61. The van der Waals surface area contributed by atoms with Crippen molar-refractivity contribution in [2.24, 2.45) is 0 Å². The van der Waals surface area contributed by atoms with Crippen LogP contribution in [0, 0.1) is 27.7 Å². The molecule has 138 valence electrons. The molecule has 0 aliphatic carbocycles. The molecule has 0 aromatic heterocycles. The molecular weight excluding hydrogens is 340 g/mol. The van der Waals surface area contributed by atoms with Gasteiger partial charge < -0.3 is 20.8 Å². The van der Waals surface area contributed by atoms with Crippen molar-refractivity contribution in [1.82, 2.24) is 0 Å². The van der Waals surface area contributed by atoms with Gasteiger partial charge in [0.2, 0.25) is 11.8 Å². The Balaban J connectivity index is 3.34. The van der Waals surface area contributed by atoms with Crippen LogP contribution in [-0.2, 0) is 19.2 Å². The van der Waals surface area contributed by atoms with E-state index < -0.39 is 23.8 Å². The molecular formula is C18H20N2O6. The first-order valence-electron chi connectivity index (χ1n) is 7.59. The van der Waals surface area contributed by atoms with Crippen LogP contribution in [0.4, 0.5) is 11.4 Å². The van der Waals surface area contributed by atoms with Gasteiger partial charge in [-0.05, 0) is 49.9 Å². The van der Waals surface area contributed by atoms with Crippen LogP contribution in [0.25, 0.3) is 0 Å². The van der Waals surface area contributed by atoms with Crippen LogP contribution < -0.4 is 10.6 Å². The number of aliphatic carboxylic acids is 2. The molecule has 1 aromatic carbocycles. The van der Waals surface area contributed by atoms with E-state index in [4.69, 9.17) is 10.2 Å². The maximum Gasteiger partial charge on any atom is 0.328 e. The molecule has 0 saturated heterocycles. The van der Waals surface area contributed by atoms with E-state index in [9.17, 15) is 19.2 Å². The van der Waals surface area contributed by atoms with Crippen LogP contribution in [0.15, 0.2) is 24.3 Å². The van der Waals surface area contributed by atoms with Crippen molar-refractivity contribution in [1.29, 1.82) is 0 Å². The lowest BCUT2D eigenvalue weighted by atomic mass is 9.95. The topological polar surface area (TPSA) is 133 Å². The van der Waals surface area contributed by atoms with Gasteiger partial charge in [-0.2, -0.15) is 0 Å². The summed E-state index contributed by atoms with van der Waals surface area (Å²) in [7, 11) is 0. The number of benzene rings is 1. The van der Waals surface area contributed by atoms with Crippen molar-refractivity contribution in [3.63, 3.8) is 0 Å². The van der Waals surface area contributed by atoms with Crippen LogP contribution >= 0.6 is 0 Å². The zero-order valence-electron chi connectivity index (χ0n) is 14.8. The summed E-state index contributed by atoms with van der Waals surface area (Å²) in [6.07, 6.45) is 3.13. The van der Waals surface area contributed by atoms with E-state index in [1.54, 1.807) is 13.8 Å². The average molecular weight is 360 g/mol. The molecule has 0 unspecified atom stereocenters. The van der Waals surface area contributed by atoms with E-state index in [-0.39, 0.29) is 0 Å². The van der Waals surface area contributed by atoms with Crippen molar-refractivity contribution in [3.05, 3.63) is 46.6 Å². The summed E-state index contributed by atoms with van der Waals surface area (Å²) in [5, 5.41) is 22.3. The van der Waals surface area contributed by atoms with Gasteiger partial charge in [0.1, 0.15) is 0 Å². The van der Waals surface area contributed by atoms with Crippen molar-refractivity contribution in [2.45, 2.75) is 27.7 Å². The normalized spacial score (nSPS) is 10.9. The third-order valence-electron chi connectivity index (χ3n) is 3.94. The number of carbonyl (C=O) groups excluding carboxylic acids is 2. The second-order valence-electron chi connectivity index (χ2n) is 5.57. The number of amides is 2. The molecule has 8 heteroatoms. The summed E-state index contributed by atoms with van der Waals surface area (Å²) >= 11 is 0. The number of rotatable bonds is 6. The Bertz CT molecular complexity index is 768. The number of anilines is 2. The number of carbonyl (C=O) groups is 4. The molecule has 8 nitrogen and oxygen atoms in total. The van der Waals surface area contributed by atoms with E-state index in [1.165, 1.54) is 0 Å². The van der Waals surface area contributed by atoms with Crippen LogP contribution in [0.2, 0.25) is 0 Å². The molecule has 0 heterocycles. The zero-order chi connectivity index (χ0) is 20.0. The standard InChI is InChI=1S/C18H20N2O6/c1-9-10(2)12(4)18(20-14(22)6-8-16(25)26)17(11(9)3)19-13(21)5-7-15(23)24/h5-8H,1-4H3,(H,19,21)(H,20,22)(H,23,24)(H,25,26)/b7-5+,8-6+. The monoisotopic (exact) mass is 360 g/mol. The smallest absolute Gasteiger partial charge is 0.328 e. The first-order chi connectivity index (χ1) is 12.0. The Morgan fingerprint density at radius 2 is 0.923 bits per heavy atom. The van der Waals surface area contributed by atoms with Crippen molar-refractivity contribution < 1.29 is 29.4 Å². The van der Waals surface area contributed by atoms with Crippen molar-refractivity contribution in [3.8, 4) is 0 Å². The highest BCUT2D eigenvalue weighted by Crippen LogP contribution is 2.35. The Hall–Kier alpha value is -3.42. The zero-order valence-corrected chi connectivity index (χ0v) is 14.8. The lowest BCUT2D eigenvalue weighted by Crippen LogP contribution is -2.17. The summed E-state index contributed by atoms with van der Waals surface area (Å²) in [5.41, 5.74) is 3.84. The highest BCUT2D eigenvalue weighted by Gasteiger charge is 2.18. The fraction of sp³-hybridized carbons (Fsp3) is 0.222. The van der Waals surface area contributed by atoms with Gasteiger partial charge >= 0.3 is 11.9 Å². The fourth-order valence-electron chi connectivity index (χ4n) is 2.25. The van der Waals surface area contributed by atoms with Gasteiger partial charge in [0.25, 0.3) is 0 Å². The predicted octanol–water partition coefficient (Wildman–Crippen LogP) is 2.08. The summed E-state index contributed by atoms with van der Waals surface area (Å²) in [6, 6.07) is 0. The first kappa shape index (κ1) is 20.6. The van der Waals surface area contributed by atoms with Gasteiger partial charge in [-0.15, -0.1) is 0 Å². The van der Waals surface area contributed by atoms with Crippen LogP contribution in [0.3, 0.4) is 0 Å². The van der Waals surface area contributed by atoms with Gasteiger partial charge in [-0.3, -0.25) is 9.59 Å². The minimum absolute atomic E-state index is 0.322.